The van der Waals surface area contributed by atoms with E-state index in [0.717, 1.165) is 41.2 Å². The van der Waals surface area contributed by atoms with Crippen LogP contribution >= 0.6 is 0 Å². The quantitative estimate of drug-likeness (QED) is 0.602. The Labute approximate surface area is 160 Å². The second-order valence-corrected chi connectivity index (χ2v) is 6.54. The largest absolute Gasteiger partial charge is 0.497 e. The number of carbonyl (C=O) groups is 1. The maximum absolute atomic E-state index is 12.7. The van der Waals surface area contributed by atoms with Gasteiger partial charge < -0.3 is 14.6 Å². The molecule has 0 radical (unpaired) electrons. The molecule has 4 nitrogen and oxygen atoms in total. The monoisotopic (exact) mass is 362 g/mol. The van der Waals surface area contributed by atoms with E-state index in [0.29, 0.717) is 12.1 Å². The van der Waals surface area contributed by atoms with Crippen molar-refractivity contribution >= 4 is 5.91 Å². The minimum Gasteiger partial charge on any atom is -0.497 e. The van der Waals surface area contributed by atoms with E-state index in [2.05, 4.69) is 28.9 Å². The molecule has 4 heteroatoms. The Morgan fingerprint density at radius 2 is 1.85 bits per heavy atom. The summed E-state index contributed by atoms with van der Waals surface area (Å²) >= 11 is 0. The van der Waals surface area contributed by atoms with Gasteiger partial charge in [0.1, 0.15) is 5.75 Å². The van der Waals surface area contributed by atoms with Gasteiger partial charge in [-0.25, -0.2) is 0 Å². The molecule has 3 rings (SSSR count). The molecule has 2 aromatic carbocycles. The fraction of sp³-hybridized carbons (Fsp3) is 0.261. The van der Waals surface area contributed by atoms with Gasteiger partial charge in [0, 0.05) is 24.0 Å². The summed E-state index contributed by atoms with van der Waals surface area (Å²) in [4.78, 5) is 12.7. The van der Waals surface area contributed by atoms with Gasteiger partial charge in [-0.15, -0.1) is 0 Å². The third kappa shape index (κ3) is 4.05. The Bertz CT molecular complexity index is 913. The van der Waals surface area contributed by atoms with Crippen LogP contribution in [-0.4, -0.2) is 24.1 Å². The first-order valence-corrected chi connectivity index (χ1v) is 9.36. The molecular weight excluding hydrogens is 336 g/mol. The summed E-state index contributed by atoms with van der Waals surface area (Å²) in [5, 5.41) is 3.03. The van der Waals surface area contributed by atoms with Crippen LogP contribution in [0.15, 0.2) is 60.7 Å². The van der Waals surface area contributed by atoms with Gasteiger partial charge in [0.25, 0.3) is 5.91 Å². The lowest BCUT2D eigenvalue weighted by molar-refractivity contribution is 0.0952. The Balaban J connectivity index is 2.10. The number of nitrogens with zero attached hydrogens (tertiary/aromatic N) is 1. The molecule has 0 saturated heterocycles. The molecule has 0 aliphatic carbocycles. The van der Waals surface area contributed by atoms with Gasteiger partial charge in [-0.05, 0) is 37.1 Å². The van der Waals surface area contributed by atoms with Gasteiger partial charge in [0.15, 0.2) is 0 Å². The molecule has 0 aliphatic rings. The van der Waals surface area contributed by atoms with Crippen molar-refractivity contribution in [3.63, 3.8) is 0 Å². The number of rotatable bonds is 7. The molecular formula is C23H26N2O2. The average Bonchev–Trinajstić information content (AvgIpc) is 3.06. The van der Waals surface area contributed by atoms with Crippen LogP contribution in [0, 0.1) is 6.92 Å². The van der Waals surface area contributed by atoms with Crippen LogP contribution in [0.2, 0.25) is 0 Å². The second kappa shape index (κ2) is 8.58. The van der Waals surface area contributed by atoms with Crippen LogP contribution in [0.1, 0.15) is 35.8 Å². The minimum atomic E-state index is -0.0280. The summed E-state index contributed by atoms with van der Waals surface area (Å²) in [6, 6.07) is 20.0. The Hall–Kier alpha value is -3.01. The van der Waals surface area contributed by atoms with Gasteiger partial charge in [-0.3, -0.25) is 4.79 Å². The number of benzene rings is 2. The highest BCUT2D eigenvalue weighted by atomic mass is 16.5. The van der Waals surface area contributed by atoms with Crippen molar-refractivity contribution in [3.05, 3.63) is 71.9 Å². The van der Waals surface area contributed by atoms with Gasteiger partial charge in [-0.1, -0.05) is 49.7 Å². The number of unbranched alkanes of at least 4 members (excludes halogenated alkanes) is 1. The van der Waals surface area contributed by atoms with E-state index >= 15 is 0 Å². The predicted molar refractivity (Wildman–Crippen MR) is 110 cm³/mol. The molecule has 1 N–H and O–H groups in total. The number of hydrogen-bond acceptors (Lipinski definition) is 2. The van der Waals surface area contributed by atoms with E-state index in [1.165, 1.54) is 0 Å². The molecule has 1 amide bonds. The van der Waals surface area contributed by atoms with Crippen LogP contribution < -0.4 is 10.1 Å². The molecule has 0 saturated carbocycles. The number of carbonyl (C=O) groups excluding carboxylic acids is 1. The van der Waals surface area contributed by atoms with Crippen molar-refractivity contribution in [2.24, 2.45) is 0 Å². The maximum atomic E-state index is 12.7. The van der Waals surface area contributed by atoms with Crippen LogP contribution in [0.5, 0.6) is 5.75 Å². The van der Waals surface area contributed by atoms with E-state index in [4.69, 9.17) is 4.74 Å². The lowest BCUT2D eigenvalue weighted by atomic mass is 10.1. The van der Waals surface area contributed by atoms with E-state index in [1.54, 1.807) is 7.11 Å². The summed E-state index contributed by atoms with van der Waals surface area (Å²) in [7, 11) is 1.66. The van der Waals surface area contributed by atoms with Crippen LogP contribution in [0.3, 0.4) is 0 Å². The summed E-state index contributed by atoms with van der Waals surface area (Å²) in [6.45, 7) is 4.80. The zero-order valence-electron chi connectivity index (χ0n) is 16.2. The topological polar surface area (TPSA) is 43.3 Å². The molecule has 1 heterocycles. The highest BCUT2D eigenvalue weighted by molar-refractivity contribution is 5.97. The number of aromatic nitrogens is 1. The lowest BCUT2D eigenvalue weighted by Gasteiger charge is -2.13. The number of amides is 1. The molecule has 1 aromatic heterocycles. The Morgan fingerprint density at radius 1 is 1.07 bits per heavy atom. The third-order valence-corrected chi connectivity index (χ3v) is 4.69. The molecule has 140 valence electrons. The molecule has 0 spiro atoms. The second-order valence-electron chi connectivity index (χ2n) is 6.54. The van der Waals surface area contributed by atoms with Crippen molar-refractivity contribution in [2.45, 2.75) is 26.7 Å². The van der Waals surface area contributed by atoms with Crippen molar-refractivity contribution in [2.75, 3.05) is 13.7 Å². The molecule has 3 aromatic rings. The first-order valence-electron chi connectivity index (χ1n) is 9.36. The van der Waals surface area contributed by atoms with Crippen molar-refractivity contribution < 1.29 is 9.53 Å². The van der Waals surface area contributed by atoms with Gasteiger partial charge in [0.05, 0.1) is 18.4 Å². The number of ether oxygens (including phenoxy) is 1. The zero-order chi connectivity index (χ0) is 19.2. The predicted octanol–water partition coefficient (Wildman–Crippen LogP) is 4.99. The highest BCUT2D eigenvalue weighted by Gasteiger charge is 2.19. The van der Waals surface area contributed by atoms with Crippen molar-refractivity contribution in [1.29, 1.82) is 0 Å². The number of hydrogen-bond donors (Lipinski definition) is 1. The standard InChI is InChI=1S/C23H26N2O2/c1-4-5-14-24-23(26)21-16-22(18-10-7-6-8-11-18)25(17(21)2)19-12-9-13-20(15-19)27-3/h6-13,15-16H,4-5,14H2,1-3H3,(H,24,26). The van der Waals surface area contributed by atoms with Crippen molar-refractivity contribution in [1.82, 2.24) is 9.88 Å². The van der Waals surface area contributed by atoms with Gasteiger partial charge in [-0.2, -0.15) is 0 Å². The number of methoxy groups -OCH3 is 1. The fourth-order valence-corrected chi connectivity index (χ4v) is 3.21. The smallest absolute Gasteiger partial charge is 0.253 e. The SMILES string of the molecule is CCCCNC(=O)c1cc(-c2ccccc2)n(-c2cccc(OC)c2)c1C. The van der Waals surface area contributed by atoms with Crippen LogP contribution in [-0.2, 0) is 0 Å². The van der Waals surface area contributed by atoms with E-state index in [1.807, 2.05) is 55.5 Å². The number of nitrogens with one attached hydrogen (secondary N) is 1. The summed E-state index contributed by atoms with van der Waals surface area (Å²) in [5.41, 5.74) is 4.64. The summed E-state index contributed by atoms with van der Waals surface area (Å²) in [5.74, 6) is 0.758. The molecule has 0 aliphatic heterocycles. The van der Waals surface area contributed by atoms with Crippen LogP contribution in [0.25, 0.3) is 16.9 Å². The van der Waals surface area contributed by atoms with Gasteiger partial charge in [0.2, 0.25) is 0 Å². The zero-order valence-corrected chi connectivity index (χ0v) is 16.2. The van der Waals surface area contributed by atoms with Crippen molar-refractivity contribution in [3.8, 4) is 22.7 Å². The van der Waals surface area contributed by atoms with E-state index < -0.39 is 0 Å². The maximum Gasteiger partial charge on any atom is 0.253 e. The first-order chi connectivity index (χ1) is 13.2. The third-order valence-electron chi connectivity index (χ3n) is 4.69. The molecule has 27 heavy (non-hydrogen) atoms. The Morgan fingerprint density at radius 3 is 2.56 bits per heavy atom. The average molecular weight is 362 g/mol. The van der Waals surface area contributed by atoms with Crippen LogP contribution in [0.4, 0.5) is 0 Å². The fourth-order valence-electron chi connectivity index (χ4n) is 3.21. The summed E-state index contributed by atoms with van der Waals surface area (Å²) < 4.78 is 7.51. The molecule has 0 fully saturated rings. The molecule has 0 bridgehead atoms. The first kappa shape index (κ1) is 18.8. The minimum absolute atomic E-state index is 0.0280. The normalized spacial score (nSPS) is 10.6. The summed E-state index contributed by atoms with van der Waals surface area (Å²) in [6.07, 6.45) is 2.03. The van der Waals surface area contributed by atoms with Gasteiger partial charge >= 0.3 is 0 Å². The lowest BCUT2D eigenvalue weighted by Crippen LogP contribution is -2.24. The van der Waals surface area contributed by atoms with E-state index in [9.17, 15) is 4.79 Å². The van der Waals surface area contributed by atoms with E-state index in [-0.39, 0.29) is 5.91 Å². The molecule has 0 unspecified atom stereocenters. The highest BCUT2D eigenvalue weighted by Crippen LogP contribution is 2.30. The molecule has 0 atom stereocenters. The Kier molecular flexibility index (Phi) is 5.97.